The molecule has 0 aliphatic heterocycles. The quantitative estimate of drug-likeness (QED) is 0.659. The summed E-state index contributed by atoms with van der Waals surface area (Å²) in [7, 11) is 0. The van der Waals surface area contributed by atoms with E-state index in [0.717, 1.165) is 5.56 Å². The summed E-state index contributed by atoms with van der Waals surface area (Å²) in [6, 6.07) is 19.5. The van der Waals surface area contributed by atoms with Gasteiger partial charge in [-0.1, -0.05) is 42.5 Å². The number of hydrogen-bond donors (Lipinski definition) is 0. The molecule has 1 aromatic heterocycles. The summed E-state index contributed by atoms with van der Waals surface area (Å²) in [6.07, 6.45) is 1.83. The van der Waals surface area contributed by atoms with Crippen LogP contribution in [0.3, 0.4) is 0 Å². The third kappa shape index (κ3) is 3.49. The van der Waals surface area contributed by atoms with Gasteiger partial charge in [0.1, 0.15) is 17.4 Å². The molecule has 0 aliphatic rings. The van der Waals surface area contributed by atoms with Crippen LogP contribution in [0.1, 0.15) is 11.1 Å². The Morgan fingerprint density at radius 2 is 1.88 bits per heavy atom. The molecule has 0 saturated heterocycles. The molecule has 0 unspecified atom stereocenters. The molecule has 25 heavy (non-hydrogen) atoms. The molecular weight excluding hydrogens is 335 g/mol. The van der Waals surface area contributed by atoms with Gasteiger partial charge in [-0.15, -0.1) is 11.8 Å². The Morgan fingerprint density at radius 1 is 1.12 bits per heavy atom. The van der Waals surface area contributed by atoms with Crippen molar-refractivity contribution in [2.24, 2.45) is 0 Å². The second-order valence-corrected chi connectivity index (χ2v) is 6.32. The van der Waals surface area contributed by atoms with Gasteiger partial charge in [-0.25, -0.2) is 4.39 Å². The molecule has 0 radical (unpaired) electrons. The van der Waals surface area contributed by atoms with E-state index in [1.807, 2.05) is 48.7 Å². The summed E-state index contributed by atoms with van der Waals surface area (Å²) in [4.78, 5) is 13.5. The minimum atomic E-state index is -0.363. The van der Waals surface area contributed by atoms with Crippen LogP contribution in [0.25, 0.3) is 11.3 Å². The fourth-order valence-electron chi connectivity index (χ4n) is 2.71. The van der Waals surface area contributed by atoms with Gasteiger partial charge in [-0.3, -0.25) is 4.79 Å². The predicted octanol–water partition coefficient (Wildman–Crippen LogP) is 4.30. The average Bonchev–Trinajstić information content (AvgIpc) is 2.63. The normalized spacial score (nSPS) is 10.4. The number of benzene rings is 2. The number of aromatic nitrogens is 1. The van der Waals surface area contributed by atoms with Gasteiger partial charge in [-0.05, 0) is 35.6 Å². The number of hydrogen-bond acceptors (Lipinski definition) is 3. The van der Waals surface area contributed by atoms with Crippen LogP contribution in [0.2, 0.25) is 0 Å². The van der Waals surface area contributed by atoms with Crippen LogP contribution in [-0.2, 0) is 6.54 Å². The summed E-state index contributed by atoms with van der Waals surface area (Å²) >= 11 is 1.36. The smallest absolute Gasteiger partial charge is 0.270 e. The maximum atomic E-state index is 13.5. The maximum absolute atomic E-state index is 13.5. The molecule has 2 aromatic carbocycles. The Labute approximate surface area is 149 Å². The van der Waals surface area contributed by atoms with E-state index < -0.39 is 0 Å². The zero-order chi connectivity index (χ0) is 17.8. The molecule has 0 fully saturated rings. The van der Waals surface area contributed by atoms with Crippen molar-refractivity contribution in [3.8, 4) is 17.3 Å². The minimum Gasteiger partial charge on any atom is -0.303 e. The SMILES string of the molecule is CSc1cc(-c2ccccc2)n(Cc2cccc(F)c2)c(=O)c1C#N. The maximum Gasteiger partial charge on any atom is 0.270 e. The van der Waals surface area contributed by atoms with Crippen LogP contribution in [0.4, 0.5) is 4.39 Å². The van der Waals surface area contributed by atoms with Gasteiger partial charge < -0.3 is 4.57 Å². The van der Waals surface area contributed by atoms with Crippen molar-refractivity contribution < 1.29 is 4.39 Å². The Hall–Kier alpha value is -2.84. The number of thioether (sulfide) groups is 1. The third-order valence-electron chi connectivity index (χ3n) is 3.90. The first-order valence-electron chi connectivity index (χ1n) is 7.66. The van der Waals surface area contributed by atoms with E-state index in [1.165, 1.54) is 28.5 Å². The van der Waals surface area contributed by atoms with Crippen LogP contribution in [-0.4, -0.2) is 10.8 Å². The van der Waals surface area contributed by atoms with Crippen molar-refractivity contribution >= 4 is 11.8 Å². The van der Waals surface area contributed by atoms with Gasteiger partial charge in [0.25, 0.3) is 5.56 Å². The number of nitriles is 1. The van der Waals surface area contributed by atoms with Crippen LogP contribution in [0, 0.1) is 17.1 Å². The van der Waals surface area contributed by atoms with Crippen molar-refractivity contribution in [3.63, 3.8) is 0 Å². The summed E-state index contributed by atoms with van der Waals surface area (Å²) < 4.78 is 15.0. The van der Waals surface area contributed by atoms with Gasteiger partial charge >= 0.3 is 0 Å². The van der Waals surface area contributed by atoms with Gasteiger partial charge in [-0.2, -0.15) is 5.26 Å². The summed E-state index contributed by atoms with van der Waals surface area (Å²) in [5, 5.41) is 9.39. The van der Waals surface area contributed by atoms with Gasteiger partial charge in [0, 0.05) is 4.90 Å². The van der Waals surface area contributed by atoms with E-state index in [1.54, 1.807) is 12.1 Å². The molecule has 0 bridgehead atoms. The molecule has 124 valence electrons. The van der Waals surface area contributed by atoms with E-state index in [-0.39, 0.29) is 23.5 Å². The predicted molar refractivity (Wildman–Crippen MR) is 98.1 cm³/mol. The fraction of sp³-hybridized carbons (Fsp3) is 0.100. The van der Waals surface area contributed by atoms with Crippen molar-refractivity contribution in [1.82, 2.24) is 4.57 Å². The Bertz CT molecular complexity index is 1010. The highest BCUT2D eigenvalue weighted by Crippen LogP contribution is 2.26. The van der Waals surface area contributed by atoms with Crippen molar-refractivity contribution in [1.29, 1.82) is 5.26 Å². The zero-order valence-corrected chi connectivity index (χ0v) is 14.4. The molecule has 3 nitrogen and oxygen atoms in total. The summed E-state index contributed by atoms with van der Waals surface area (Å²) in [5.41, 5.74) is 2.00. The monoisotopic (exact) mass is 350 g/mol. The molecule has 0 amide bonds. The van der Waals surface area contributed by atoms with E-state index in [9.17, 15) is 14.4 Å². The zero-order valence-electron chi connectivity index (χ0n) is 13.6. The molecule has 3 rings (SSSR count). The fourth-order valence-corrected chi connectivity index (χ4v) is 3.28. The first-order chi connectivity index (χ1) is 12.1. The van der Waals surface area contributed by atoms with E-state index in [0.29, 0.717) is 16.2 Å². The van der Waals surface area contributed by atoms with Crippen LogP contribution in [0.15, 0.2) is 70.4 Å². The molecule has 0 aliphatic carbocycles. The number of pyridine rings is 1. The summed E-state index contributed by atoms with van der Waals surface area (Å²) in [5.74, 6) is -0.354. The lowest BCUT2D eigenvalue weighted by Crippen LogP contribution is -2.25. The van der Waals surface area contributed by atoms with E-state index >= 15 is 0 Å². The molecule has 1 heterocycles. The Kier molecular flexibility index (Phi) is 5.01. The third-order valence-corrected chi connectivity index (χ3v) is 4.66. The molecule has 3 aromatic rings. The topological polar surface area (TPSA) is 45.8 Å². The van der Waals surface area contributed by atoms with Crippen molar-refractivity contribution in [2.75, 3.05) is 6.26 Å². The number of halogens is 1. The van der Waals surface area contributed by atoms with Crippen molar-refractivity contribution in [2.45, 2.75) is 11.4 Å². The molecule has 0 spiro atoms. The van der Waals surface area contributed by atoms with Crippen molar-refractivity contribution in [3.05, 3.63) is 88.0 Å². The number of rotatable bonds is 4. The van der Waals surface area contributed by atoms with Gasteiger partial charge in [0.15, 0.2) is 0 Å². The lowest BCUT2D eigenvalue weighted by molar-refractivity contribution is 0.623. The second-order valence-electron chi connectivity index (χ2n) is 5.47. The van der Waals surface area contributed by atoms with Crippen LogP contribution < -0.4 is 5.56 Å². The average molecular weight is 350 g/mol. The number of nitrogens with zero attached hydrogens (tertiary/aromatic N) is 2. The second kappa shape index (κ2) is 7.37. The molecular formula is C20H15FN2OS. The summed E-state index contributed by atoms with van der Waals surface area (Å²) in [6.45, 7) is 0.199. The first-order valence-corrected chi connectivity index (χ1v) is 8.88. The highest BCUT2D eigenvalue weighted by Gasteiger charge is 2.16. The van der Waals surface area contributed by atoms with Gasteiger partial charge in [0.2, 0.25) is 0 Å². The lowest BCUT2D eigenvalue weighted by atomic mass is 10.1. The highest BCUT2D eigenvalue weighted by atomic mass is 32.2. The first kappa shape index (κ1) is 17.0. The van der Waals surface area contributed by atoms with Gasteiger partial charge in [0.05, 0.1) is 12.2 Å². The van der Waals surface area contributed by atoms with E-state index in [2.05, 4.69) is 0 Å². The minimum absolute atomic E-state index is 0.114. The molecule has 0 atom stereocenters. The standard InChI is InChI=1S/C20H15FN2OS/c1-25-19-11-18(15-7-3-2-4-8-15)23(20(24)17(19)12-22)13-14-6-5-9-16(21)10-14/h2-11H,13H2,1H3. The molecule has 0 saturated carbocycles. The Balaban J connectivity index is 2.24. The molecule has 0 N–H and O–H groups in total. The lowest BCUT2D eigenvalue weighted by Gasteiger charge is -2.16. The van der Waals surface area contributed by atoms with E-state index in [4.69, 9.17) is 0 Å². The van der Waals surface area contributed by atoms with Crippen LogP contribution in [0.5, 0.6) is 0 Å². The highest BCUT2D eigenvalue weighted by molar-refractivity contribution is 7.98. The molecule has 5 heteroatoms. The Morgan fingerprint density at radius 3 is 2.52 bits per heavy atom. The largest absolute Gasteiger partial charge is 0.303 e. The van der Waals surface area contributed by atoms with Crippen LogP contribution >= 0.6 is 11.8 Å².